The van der Waals surface area contributed by atoms with Crippen molar-refractivity contribution in [1.29, 1.82) is 0 Å². The molecule has 0 atom stereocenters. The summed E-state index contributed by atoms with van der Waals surface area (Å²) < 4.78 is 60.9. The zero-order valence-corrected chi connectivity index (χ0v) is 18.6. The molecule has 3 N–H and O–H groups in total. The van der Waals surface area contributed by atoms with Gasteiger partial charge in [0.25, 0.3) is 5.91 Å². The predicted molar refractivity (Wildman–Crippen MR) is 119 cm³/mol. The van der Waals surface area contributed by atoms with E-state index in [1.807, 2.05) is 4.72 Å². The lowest BCUT2D eigenvalue weighted by Gasteiger charge is -2.24. The molecule has 1 aliphatic rings. The van der Waals surface area contributed by atoms with E-state index in [1.165, 1.54) is 18.7 Å². The van der Waals surface area contributed by atoms with Gasteiger partial charge in [-0.05, 0) is 43.4 Å². The van der Waals surface area contributed by atoms with Crippen LogP contribution in [-0.4, -0.2) is 41.9 Å². The summed E-state index contributed by atoms with van der Waals surface area (Å²) in [6.45, 7) is 2.17. The van der Waals surface area contributed by atoms with E-state index in [2.05, 4.69) is 20.5 Å². The Balaban J connectivity index is 1.55. The number of halogens is 2. The number of amides is 1. The third kappa shape index (κ3) is 5.05. The molecule has 0 spiro atoms. The first-order valence-electron chi connectivity index (χ1n) is 10.5. The lowest BCUT2D eigenvalue weighted by molar-refractivity contribution is 0.101. The number of nitrogens with one attached hydrogen (secondary N) is 3. The number of aromatic amines is 1. The largest absolute Gasteiger partial charge is 0.476 e. The summed E-state index contributed by atoms with van der Waals surface area (Å²) in [5.74, 6) is -2.97. The Bertz CT molecular complexity index is 1290. The maximum Gasteiger partial charge on any atom is 0.261 e. The molecular formula is C21H23F2N5O4S. The second kappa shape index (κ2) is 9.30. The predicted octanol–water partition coefficient (Wildman–Crippen LogP) is 3.82. The van der Waals surface area contributed by atoms with Crippen LogP contribution in [0.25, 0.3) is 11.0 Å². The number of aromatic nitrogens is 3. The Labute approximate surface area is 189 Å². The van der Waals surface area contributed by atoms with Crippen LogP contribution in [0.15, 0.2) is 24.4 Å². The fourth-order valence-electron chi connectivity index (χ4n) is 3.44. The quantitative estimate of drug-likeness (QED) is 0.428. The van der Waals surface area contributed by atoms with Crippen LogP contribution >= 0.6 is 0 Å². The van der Waals surface area contributed by atoms with Gasteiger partial charge < -0.3 is 10.1 Å². The van der Waals surface area contributed by atoms with Crippen molar-refractivity contribution in [1.82, 2.24) is 15.2 Å². The number of benzene rings is 1. The van der Waals surface area contributed by atoms with Crippen LogP contribution in [0.4, 0.5) is 20.2 Å². The van der Waals surface area contributed by atoms with E-state index in [-0.39, 0.29) is 11.4 Å². The van der Waals surface area contributed by atoms with Crippen LogP contribution in [0.5, 0.6) is 5.88 Å². The van der Waals surface area contributed by atoms with Gasteiger partial charge in [-0.15, -0.1) is 5.10 Å². The van der Waals surface area contributed by atoms with Crippen molar-refractivity contribution in [3.05, 3.63) is 41.6 Å². The molecule has 0 saturated heterocycles. The lowest BCUT2D eigenvalue weighted by atomic mass is 9.86. The average molecular weight is 480 g/mol. The summed E-state index contributed by atoms with van der Waals surface area (Å²) in [6, 6.07) is 3.29. The van der Waals surface area contributed by atoms with Crippen molar-refractivity contribution >= 4 is 38.3 Å². The summed E-state index contributed by atoms with van der Waals surface area (Å²) >= 11 is 0. The highest BCUT2D eigenvalue weighted by Crippen LogP contribution is 2.30. The smallest absolute Gasteiger partial charge is 0.261 e. The molecule has 0 bridgehead atoms. The van der Waals surface area contributed by atoms with E-state index in [0.717, 1.165) is 25.0 Å². The second-order valence-corrected chi connectivity index (χ2v) is 9.76. The van der Waals surface area contributed by atoms with E-state index < -0.39 is 38.8 Å². The van der Waals surface area contributed by atoms with Crippen molar-refractivity contribution in [2.24, 2.45) is 5.92 Å². The highest BCUT2D eigenvalue weighted by molar-refractivity contribution is 7.92. The van der Waals surface area contributed by atoms with Crippen LogP contribution in [0.2, 0.25) is 0 Å². The van der Waals surface area contributed by atoms with Crippen molar-refractivity contribution in [2.45, 2.75) is 32.6 Å². The molecule has 176 valence electrons. The molecule has 1 saturated carbocycles. The first kappa shape index (κ1) is 22.9. The lowest BCUT2D eigenvalue weighted by Crippen LogP contribution is -2.20. The number of carbonyl (C=O) groups excluding carboxylic acids is 1. The summed E-state index contributed by atoms with van der Waals surface area (Å²) in [5.41, 5.74) is -0.829. The Morgan fingerprint density at radius 2 is 2.09 bits per heavy atom. The van der Waals surface area contributed by atoms with E-state index in [0.29, 0.717) is 35.9 Å². The number of rotatable bonds is 9. The Morgan fingerprint density at radius 3 is 2.79 bits per heavy atom. The van der Waals surface area contributed by atoms with Crippen molar-refractivity contribution < 1.29 is 26.7 Å². The molecule has 1 amide bonds. The molecule has 12 heteroatoms. The molecular weight excluding hydrogens is 456 g/mol. The molecule has 1 aromatic carbocycles. The van der Waals surface area contributed by atoms with Gasteiger partial charge in [-0.25, -0.2) is 22.2 Å². The van der Waals surface area contributed by atoms with Crippen LogP contribution in [0, 0.1) is 17.6 Å². The zero-order valence-electron chi connectivity index (χ0n) is 17.8. The van der Waals surface area contributed by atoms with Crippen molar-refractivity contribution in [3.63, 3.8) is 0 Å². The van der Waals surface area contributed by atoms with Gasteiger partial charge in [-0.3, -0.25) is 14.6 Å². The first-order valence-corrected chi connectivity index (χ1v) is 12.2. The highest BCUT2D eigenvalue weighted by Gasteiger charge is 2.24. The molecule has 1 fully saturated rings. The Morgan fingerprint density at radius 1 is 1.30 bits per heavy atom. The summed E-state index contributed by atoms with van der Waals surface area (Å²) in [7, 11) is -3.83. The second-order valence-electron chi connectivity index (χ2n) is 7.92. The van der Waals surface area contributed by atoms with Crippen molar-refractivity contribution in [2.75, 3.05) is 22.4 Å². The monoisotopic (exact) mass is 479 g/mol. The van der Waals surface area contributed by atoms with Gasteiger partial charge in [-0.2, -0.15) is 0 Å². The number of H-pyrrole nitrogens is 1. The first-order chi connectivity index (χ1) is 15.8. The Hall–Kier alpha value is -3.28. The molecule has 4 rings (SSSR count). The number of anilines is 2. The molecule has 0 unspecified atom stereocenters. The number of carbonyl (C=O) groups is 1. The van der Waals surface area contributed by atoms with Gasteiger partial charge in [0.15, 0.2) is 11.5 Å². The van der Waals surface area contributed by atoms with Gasteiger partial charge in [0, 0.05) is 0 Å². The molecule has 2 heterocycles. The maximum absolute atomic E-state index is 14.9. The third-order valence-corrected chi connectivity index (χ3v) is 6.85. The average Bonchev–Trinajstić information content (AvgIpc) is 3.11. The van der Waals surface area contributed by atoms with E-state index >= 15 is 0 Å². The molecule has 3 aromatic rings. The number of nitrogens with zero attached hydrogens (tertiary/aromatic N) is 2. The van der Waals surface area contributed by atoms with Crippen LogP contribution in [0.1, 0.15) is 43.0 Å². The Kier molecular flexibility index (Phi) is 6.45. The zero-order chi connectivity index (χ0) is 23.6. The SMILES string of the molecule is CCCS(=O)(=O)Nc1ccc(F)c(C(=O)Nc2cnc3[nH]nc(OCC4CCC4)c3c2)c1F. The molecule has 0 aliphatic heterocycles. The normalized spacial score (nSPS) is 14.2. The van der Waals surface area contributed by atoms with Crippen LogP contribution in [-0.2, 0) is 10.0 Å². The molecule has 9 nitrogen and oxygen atoms in total. The fourth-order valence-corrected chi connectivity index (χ4v) is 4.57. The summed E-state index contributed by atoms with van der Waals surface area (Å²) in [5, 5.41) is 9.72. The minimum atomic E-state index is -3.83. The number of hydrogen-bond donors (Lipinski definition) is 3. The summed E-state index contributed by atoms with van der Waals surface area (Å²) in [4.78, 5) is 16.8. The maximum atomic E-state index is 14.9. The van der Waals surface area contributed by atoms with Crippen LogP contribution in [0.3, 0.4) is 0 Å². The molecule has 33 heavy (non-hydrogen) atoms. The molecule has 2 aromatic heterocycles. The topological polar surface area (TPSA) is 126 Å². The van der Waals surface area contributed by atoms with Crippen molar-refractivity contribution in [3.8, 4) is 5.88 Å². The number of sulfonamides is 1. The van der Waals surface area contributed by atoms with Gasteiger partial charge in [-0.1, -0.05) is 13.3 Å². The van der Waals surface area contributed by atoms with Gasteiger partial charge in [0.1, 0.15) is 11.4 Å². The standard InChI is InChI=1S/C21H23F2N5O4S/c1-2-8-33(30,31)28-16-7-6-15(22)17(18(16)23)20(29)25-13-9-14-19(24-10-13)26-27-21(14)32-11-12-4-3-5-12/h6-7,9-10,12,28H,2-5,8,11H2,1H3,(H,25,29)(H,24,26,27). The fraction of sp³-hybridized carbons (Fsp3) is 0.381. The highest BCUT2D eigenvalue weighted by atomic mass is 32.2. The number of hydrogen-bond acceptors (Lipinski definition) is 6. The van der Waals surface area contributed by atoms with Gasteiger partial charge >= 0.3 is 0 Å². The van der Waals surface area contributed by atoms with E-state index in [1.54, 1.807) is 6.92 Å². The van der Waals surface area contributed by atoms with Gasteiger partial charge in [0.05, 0.1) is 35.3 Å². The number of ether oxygens (including phenoxy) is 1. The minimum absolute atomic E-state index is 0.165. The van der Waals surface area contributed by atoms with E-state index in [9.17, 15) is 22.0 Å². The van der Waals surface area contributed by atoms with Gasteiger partial charge in [0.2, 0.25) is 15.9 Å². The van der Waals surface area contributed by atoms with E-state index in [4.69, 9.17) is 4.74 Å². The third-order valence-electron chi connectivity index (χ3n) is 5.38. The number of pyridine rings is 1. The number of fused-ring (bicyclic) bond motifs is 1. The molecule has 0 radical (unpaired) electrons. The van der Waals surface area contributed by atoms with Crippen LogP contribution < -0.4 is 14.8 Å². The summed E-state index contributed by atoms with van der Waals surface area (Å²) in [6.07, 6.45) is 5.00. The molecule has 1 aliphatic carbocycles. The minimum Gasteiger partial charge on any atom is -0.476 e.